The number of benzene rings is 1. The summed E-state index contributed by atoms with van der Waals surface area (Å²) < 4.78 is 10.6. The normalized spacial score (nSPS) is 10.3. The van der Waals surface area contributed by atoms with Gasteiger partial charge in [-0.1, -0.05) is 29.5 Å². The molecule has 23 heavy (non-hydrogen) atoms. The molecule has 0 bridgehead atoms. The standard InChI is InChI=1S/C16H19N3O3S/c1-12-3-5-13(6-4-12)22-15-16(19-8-7-18-15)23-11-14(20)17-9-10-21-2/h3-8H,9-11H2,1-2H3,(H,17,20). The summed E-state index contributed by atoms with van der Waals surface area (Å²) in [5.41, 5.74) is 1.15. The van der Waals surface area contributed by atoms with Gasteiger partial charge in [-0.3, -0.25) is 4.79 Å². The minimum absolute atomic E-state index is 0.0843. The van der Waals surface area contributed by atoms with Gasteiger partial charge in [0.05, 0.1) is 12.4 Å². The third kappa shape index (κ3) is 5.88. The summed E-state index contributed by atoms with van der Waals surface area (Å²) in [7, 11) is 1.59. The summed E-state index contributed by atoms with van der Waals surface area (Å²) >= 11 is 1.28. The molecule has 0 aliphatic rings. The smallest absolute Gasteiger partial charge is 0.252 e. The first kappa shape index (κ1) is 17.2. The van der Waals surface area contributed by atoms with Crippen LogP contribution >= 0.6 is 11.8 Å². The second-order valence-electron chi connectivity index (χ2n) is 4.71. The molecule has 0 spiro atoms. The molecule has 0 saturated carbocycles. The van der Waals surface area contributed by atoms with Gasteiger partial charge < -0.3 is 14.8 Å². The van der Waals surface area contributed by atoms with E-state index in [0.29, 0.717) is 29.8 Å². The Morgan fingerprint density at radius 3 is 2.70 bits per heavy atom. The van der Waals surface area contributed by atoms with E-state index in [9.17, 15) is 4.79 Å². The van der Waals surface area contributed by atoms with Crippen LogP contribution in [0.4, 0.5) is 0 Å². The van der Waals surface area contributed by atoms with E-state index >= 15 is 0 Å². The van der Waals surface area contributed by atoms with Gasteiger partial charge in [0.25, 0.3) is 5.88 Å². The van der Waals surface area contributed by atoms with Crippen LogP contribution in [0.1, 0.15) is 5.56 Å². The maximum absolute atomic E-state index is 11.7. The molecule has 1 aromatic heterocycles. The van der Waals surface area contributed by atoms with E-state index in [0.717, 1.165) is 5.56 Å². The second-order valence-corrected chi connectivity index (χ2v) is 5.68. The van der Waals surface area contributed by atoms with E-state index in [-0.39, 0.29) is 11.7 Å². The summed E-state index contributed by atoms with van der Waals surface area (Å²) in [6.45, 7) is 2.99. The van der Waals surface area contributed by atoms with Gasteiger partial charge in [-0.05, 0) is 19.1 Å². The zero-order valence-electron chi connectivity index (χ0n) is 13.1. The van der Waals surface area contributed by atoms with Crippen LogP contribution in [0, 0.1) is 6.92 Å². The highest BCUT2D eigenvalue weighted by Crippen LogP contribution is 2.28. The Bertz CT molecular complexity index is 635. The van der Waals surface area contributed by atoms with Crippen molar-refractivity contribution in [1.29, 1.82) is 0 Å². The van der Waals surface area contributed by atoms with Gasteiger partial charge in [-0.2, -0.15) is 0 Å². The van der Waals surface area contributed by atoms with Crippen molar-refractivity contribution in [2.24, 2.45) is 0 Å². The first-order valence-corrected chi connectivity index (χ1v) is 8.11. The number of methoxy groups -OCH3 is 1. The Kier molecular flexibility index (Phi) is 6.83. The molecule has 122 valence electrons. The lowest BCUT2D eigenvalue weighted by molar-refractivity contribution is -0.118. The van der Waals surface area contributed by atoms with Crippen LogP contribution in [0.3, 0.4) is 0 Å². The minimum atomic E-state index is -0.0843. The molecule has 0 unspecified atom stereocenters. The molecule has 2 rings (SSSR count). The molecule has 6 nitrogen and oxygen atoms in total. The number of amides is 1. The second kappa shape index (κ2) is 9.12. The number of hydrogen-bond acceptors (Lipinski definition) is 6. The molecule has 0 saturated heterocycles. The number of nitrogens with zero attached hydrogens (tertiary/aromatic N) is 2. The lowest BCUT2D eigenvalue weighted by Crippen LogP contribution is -2.28. The van der Waals surface area contributed by atoms with E-state index < -0.39 is 0 Å². The first-order valence-electron chi connectivity index (χ1n) is 7.13. The average molecular weight is 333 g/mol. The molecule has 1 heterocycles. The van der Waals surface area contributed by atoms with Crippen molar-refractivity contribution in [3.63, 3.8) is 0 Å². The fraction of sp³-hybridized carbons (Fsp3) is 0.312. The number of rotatable bonds is 8. The van der Waals surface area contributed by atoms with E-state index in [1.807, 2.05) is 31.2 Å². The van der Waals surface area contributed by atoms with Crippen LogP contribution in [0.5, 0.6) is 11.6 Å². The van der Waals surface area contributed by atoms with Crippen molar-refractivity contribution in [3.05, 3.63) is 42.2 Å². The van der Waals surface area contributed by atoms with E-state index in [2.05, 4.69) is 15.3 Å². The maximum Gasteiger partial charge on any atom is 0.252 e. The van der Waals surface area contributed by atoms with Crippen LogP contribution in [0.2, 0.25) is 0 Å². The topological polar surface area (TPSA) is 73.3 Å². The fourth-order valence-corrected chi connectivity index (χ4v) is 2.40. The molecule has 2 aromatic rings. The number of nitrogens with one attached hydrogen (secondary N) is 1. The van der Waals surface area contributed by atoms with Gasteiger partial charge in [-0.15, -0.1) is 0 Å². The maximum atomic E-state index is 11.7. The lowest BCUT2D eigenvalue weighted by Gasteiger charge is -2.09. The molecular weight excluding hydrogens is 314 g/mol. The summed E-state index contributed by atoms with van der Waals surface area (Å²) in [5.74, 6) is 1.24. The van der Waals surface area contributed by atoms with Crippen LogP contribution in [0.15, 0.2) is 41.7 Å². The van der Waals surface area contributed by atoms with Crippen LogP contribution in [0.25, 0.3) is 0 Å². The fourth-order valence-electron chi connectivity index (χ4n) is 1.68. The van der Waals surface area contributed by atoms with Gasteiger partial charge in [-0.25, -0.2) is 9.97 Å². The first-order chi connectivity index (χ1) is 11.2. The molecule has 0 fully saturated rings. The molecule has 0 atom stereocenters. The third-order valence-electron chi connectivity index (χ3n) is 2.84. The highest BCUT2D eigenvalue weighted by Gasteiger charge is 2.11. The summed E-state index contributed by atoms with van der Waals surface area (Å²) in [4.78, 5) is 20.1. The van der Waals surface area contributed by atoms with E-state index in [1.54, 1.807) is 19.5 Å². The highest BCUT2D eigenvalue weighted by molar-refractivity contribution is 8.00. The molecule has 1 N–H and O–H groups in total. The van der Waals surface area contributed by atoms with Crippen LogP contribution < -0.4 is 10.1 Å². The van der Waals surface area contributed by atoms with Crippen molar-refractivity contribution in [2.45, 2.75) is 11.9 Å². The highest BCUT2D eigenvalue weighted by atomic mass is 32.2. The monoisotopic (exact) mass is 333 g/mol. The summed E-state index contributed by atoms with van der Waals surface area (Å²) in [6, 6.07) is 7.66. The Morgan fingerprint density at radius 1 is 1.22 bits per heavy atom. The van der Waals surface area contributed by atoms with Crippen molar-refractivity contribution in [2.75, 3.05) is 26.0 Å². The number of thioether (sulfide) groups is 1. The van der Waals surface area contributed by atoms with Crippen molar-refractivity contribution < 1.29 is 14.3 Å². The molecule has 0 aliphatic heterocycles. The molecule has 0 aliphatic carbocycles. The summed E-state index contributed by atoms with van der Waals surface area (Å²) in [6.07, 6.45) is 3.14. The van der Waals surface area contributed by atoms with Gasteiger partial charge in [0, 0.05) is 26.0 Å². The Hall–Kier alpha value is -2.12. The number of carbonyl (C=O) groups excluding carboxylic acids is 1. The Morgan fingerprint density at radius 2 is 1.96 bits per heavy atom. The van der Waals surface area contributed by atoms with Crippen LogP contribution in [-0.4, -0.2) is 41.9 Å². The quantitative estimate of drug-likeness (QED) is 0.591. The molecule has 7 heteroatoms. The molecule has 1 aromatic carbocycles. The van der Waals surface area contributed by atoms with Crippen molar-refractivity contribution >= 4 is 17.7 Å². The van der Waals surface area contributed by atoms with Crippen molar-refractivity contribution in [1.82, 2.24) is 15.3 Å². The average Bonchev–Trinajstić information content (AvgIpc) is 2.56. The van der Waals surface area contributed by atoms with E-state index in [1.165, 1.54) is 11.8 Å². The third-order valence-corrected chi connectivity index (χ3v) is 3.80. The minimum Gasteiger partial charge on any atom is -0.437 e. The van der Waals surface area contributed by atoms with Crippen LogP contribution in [-0.2, 0) is 9.53 Å². The number of hydrogen-bond donors (Lipinski definition) is 1. The largest absolute Gasteiger partial charge is 0.437 e. The Balaban J connectivity index is 1.94. The molecular formula is C16H19N3O3S. The van der Waals surface area contributed by atoms with Gasteiger partial charge in [0.2, 0.25) is 5.91 Å². The van der Waals surface area contributed by atoms with Gasteiger partial charge in [0.1, 0.15) is 5.75 Å². The number of carbonyl (C=O) groups is 1. The predicted octanol–water partition coefficient (Wildman–Crippen LogP) is 2.43. The predicted molar refractivity (Wildman–Crippen MR) is 88.9 cm³/mol. The summed E-state index contributed by atoms with van der Waals surface area (Å²) in [5, 5.41) is 3.33. The lowest BCUT2D eigenvalue weighted by atomic mass is 10.2. The van der Waals surface area contributed by atoms with Gasteiger partial charge >= 0.3 is 0 Å². The number of ether oxygens (including phenoxy) is 2. The van der Waals surface area contributed by atoms with Gasteiger partial charge in [0.15, 0.2) is 5.03 Å². The number of aryl methyl sites for hydroxylation is 1. The SMILES string of the molecule is COCCNC(=O)CSc1nccnc1Oc1ccc(C)cc1. The van der Waals surface area contributed by atoms with E-state index in [4.69, 9.17) is 9.47 Å². The van der Waals surface area contributed by atoms with Crippen molar-refractivity contribution in [3.8, 4) is 11.6 Å². The molecule has 0 radical (unpaired) electrons. The Labute approximate surface area is 139 Å². The zero-order chi connectivity index (χ0) is 16.5. The number of aromatic nitrogens is 2. The molecule has 1 amide bonds. The zero-order valence-corrected chi connectivity index (χ0v) is 13.9.